The van der Waals surface area contributed by atoms with E-state index < -0.39 is 35.1 Å². The number of alkyl halides is 3. The maximum absolute atomic E-state index is 13.1. The smallest absolute Gasteiger partial charge is 0.416 e. The average molecular weight is 343 g/mol. The standard InChI is InChI=1S/C17H20F3NO3/c1-11(12-6-2-3-7-13(12)17(18,19)20)10-14(22)21-16(15(23)24)8-4-5-9-16/h2-3,6-7,11H,4-5,8-10H2,1H3,(H,21,22)(H,23,24). The van der Waals surface area contributed by atoms with E-state index in [-0.39, 0.29) is 12.0 Å². The van der Waals surface area contributed by atoms with Crippen molar-refractivity contribution in [3.8, 4) is 0 Å². The molecule has 1 saturated carbocycles. The van der Waals surface area contributed by atoms with Gasteiger partial charge in [-0.05, 0) is 30.4 Å². The molecule has 0 heterocycles. The summed E-state index contributed by atoms with van der Waals surface area (Å²) in [5.74, 6) is -2.30. The van der Waals surface area contributed by atoms with Crippen molar-refractivity contribution in [2.75, 3.05) is 0 Å². The van der Waals surface area contributed by atoms with Gasteiger partial charge in [0, 0.05) is 6.42 Å². The quantitative estimate of drug-likeness (QED) is 0.856. The molecule has 0 aliphatic heterocycles. The minimum Gasteiger partial charge on any atom is -0.480 e. The first-order valence-corrected chi connectivity index (χ1v) is 7.86. The number of carbonyl (C=O) groups is 2. The molecule has 7 heteroatoms. The van der Waals surface area contributed by atoms with Crippen molar-refractivity contribution in [1.82, 2.24) is 5.32 Å². The molecule has 0 aromatic heterocycles. The van der Waals surface area contributed by atoms with Crippen molar-refractivity contribution in [1.29, 1.82) is 0 Å². The summed E-state index contributed by atoms with van der Waals surface area (Å²) < 4.78 is 39.2. The zero-order valence-corrected chi connectivity index (χ0v) is 13.3. The van der Waals surface area contributed by atoms with Gasteiger partial charge in [-0.25, -0.2) is 4.79 Å². The van der Waals surface area contributed by atoms with Crippen LogP contribution in [-0.4, -0.2) is 22.5 Å². The maximum Gasteiger partial charge on any atom is 0.416 e. The molecule has 0 bridgehead atoms. The highest BCUT2D eigenvalue weighted by Crippen LogP contribution is 2.36. The second-order valence-electron chi connectivity index (χ2n) is 6.33. The molecule has 1 aliphatic carbocycles. The number of carboxylic acids is 1. The number of rotatable bonds is 5. The third-order valence-electron chi connectivity index (χ3n) is 4.53. The van der Waals surface area contributed by atoms with Gasteiger partial charge in [-0.15, -0.1) is 0 Å². The van der Waals surface area contributed by atoms with Gasteiger partial charge in [-0.2, -0.15) is 13.2 Å². The molecular weight excluding hydrogens is 323 g/mol. The van der Waals surface area contributed by atoms with Crippen LogP contribution in [0.5, 0.6) is 0 Å². The van der Waals surface area contributed by atoms with E-state index in [1.807, 2.05) is 0 Å². The molecule has 1 fully saturated rings. The predicted octanol–water partition coefficient (Wildman–Crippen LogP) is 3.71. The van der Waals surface area contributed by atoms with Crippen LogP contribution < -0.4 is 5.32 Å². The molecule has 4 nitrogen and oxygen atoms in total. The molecule has 132 valence electrons. The number of nitrogens with one attached hydrogen (secondary N) is 1. The Morgan fingerprint density at radius 3 is 2.38 bits per heavy atom. The molecule has 1 aliphatic rings. The summed E-state index contributed by atoms with van der Waals surface area (Å²) in [6, 6.07) is 5.13. The number of carbonyl (C=O) groups excluding carboxylic acids is 1. The van der Waals surface area contributed by atoms with E-state index in [1.165, 1.54) is 25.1 Å². The van der Waals surface area contributed by atoms with Crippen LogP contribution in [0.4, 0.5) is 13.2 Å². The van der Waals surface area contributed by atoms with Gasteiger partial charge in [0.05, 0.1) is 5.56 Å². The number of halogens is 3. The van der Waals surface area contributed by atoms with Crippen molar-refractivity contribution in [3.63, 3.8) is 0 Å². The van der Waals surface area contributed by atoms with Gasteiger partial charge in [0.1, 0.15) is 5.54 Å². The first kappa shape index (κ1) is 18.3. The number of hydrogen-bond donors (Lipinski definition) is 2. The van der Waals surface area contributed by atoms with Gasteiger partial charge < -0.3 is 10.4 Å². The van der Waals surface area contributed by atoms with E-state index in [0.717, 1.165) is 6.07 Å². The lowest BCUT2D eigenvalue weighted by Crippen LogP contribution is -2.52. The van der Waals surface area contributed by atoms with Crippen molar-refractivity contribution < 1.29 is 27.9 Å². The summed E-state index contributed by atoms with van der Waals surface area (Å²) in [4.78, 5) is 23.6. The molecule has 1 atom stereocenters. The van der Waals surface area contributed by atoms with Crippen molar-refractivity contribution in [3.05, 3.63) is 35.4 Å². The monoisotopic (exact) mass is 343 g/mol. The Labute approximate surface area is 138 Å². The van der Waals surface area contributed by atoms with Crippen molar-refractivity contribution >= 4 is 11.9 Å². The summed E-state index contributed by atoms with van der Waals surface area (Å²) in [5.41, 5.74) is -2.00. The average Bonchev–Trinajstić information content (AvgIpc) is 2.96. The Bertz CT molecular complexity index is 622. The van der Waals surface area contributed by atoms with Crippen LogP contribution in [0, 0.1) is 0 Å². The summed E-state index contributed by atoms with van der Waals surface area (Å²) in [5, 5.41) is 11.9. The van der Waals surface area contributed by atoms with Gasteiger partial charge in [0.15, 0.2) is 0 Å². The fourth-order valence-electron chi connectivity index (χ4n) is 3.26. The molecule has 0 saturated heterocycles. The molecule has 0 spiro atoms. The molecule has 2 N–H and O–H groups in total. The maximum atomic E-state index is 13.1. The molecule has 24 heavy (non-hydrogen) atoms. The van der Waals surface area contributed by atoms with Crippen LogP contribution in [0.15, 0.2) is 24.3 Å². The van der Waals surface area contributed by atoms with Crippen LogP contribution in [-0.2, 0) is 15.8 Å². The first-order chi connectivity index (χ1) is 11.2. The number of carboxylic acid groups (broad SMARTS) is 1. The number of benzene rings is 1. The number of aliphatic carboxylic acids is 1. The predicted molar refractivity (Wildman–Crippen MR) is 81.5 cm³/mol. The molecule has 1 aromatic rings. The van der Waals surface area contributed by atoms with Crippen molar-refractivity contribution in [2.24, 2.45) is 0 Å². The Morgan fingerprint density at radius 1 is 1.25 bits per heavy atom. The number of amides is 1. The zero-order chi connectivity index (χ0) is 18.0. The topological polar surface area (TPSA) is 66.4 Å². The Kier molecular flexibility index (Phi) is 5.20. The highest BCUT2D eigenvalue weighted by molar-refractivity contribution is 5.87. The van der Waals surface area contributed by atoms with Crippen LogP contribution in [0.1, 0.15) is 56.1 Å². The lowest BCUT2D eigenvalue weighted by Gasteiger charge is -2.26. The molecule has 1 amide bonds. The van der Waals surface area contributed by atoms with Crippen molar-refractivity contribution in [2.45, 2.75) is 56.7 Å². The molecule has 1 unspecified atom stereocenters. The van der Waals surface area contributed by atoms with E-state index in [2.05, 4.69) is 5.32 Å². The Balaban J connectivity index is 2.11. The third kappa shape index (κ3) is 3.88. The second-order valence-corrected chi connectivity index (χ2v) is 6.33. The van der Waals surface area contributed by atoms with Gasteiger partial charge in [0.2, 0.25) is 5.91 Å². The fourth-order valence-corrected chi connectivity index (χ4v) is 3.26. The molecule has 0 radical (unpaired) electrons. The lowest BCUT2D eigenvalue weighted by molar-refractivity contribution is -0.147. The molecular formula is C17H20F3NO3. The molecule has 1 aromatic carbocycles. The number of hydrogen-bond acceptors (Lipinski definition) is 2. The minimum atomic E-state index is -4.49. The summed E-state index contributed by atoms with van der Waals surface area (Å²) >= 11 is 0. The second kappa shape index (κ2) is 6.83. The van der Waals surface area contributed by atoms with Crippen LogP contribution in [0.25, 0.3) is 0 Å². The van der Waals surface area contributed by atoms with E-state index in [4.69, 9.17) is 0 Å². The fraction of sp³-hybridized carbons (Fsp3) is 0.529. The lowest BCUT2D eigenvalue weighted by atomic mass is 9.91. The Morgan fingerprint density at radius 2 is 1.83 bits per heavy atom. The normalized spacial score (nSPS) is 18.2. The van der Waals surface area contributed by atoms with Gasteiger partial charge >= 0.3 is 12.1 Å². The first-order valence-electron chi connectivity index (χ1n) is 7.86. The summed E-state index contributed by atoms with van der Waals surface area (Å²) in [7, 11) is 0. The largest absolute Gasteiger partial charge is 0.480 e. The van der Waals surface area contributed by atoms with Crippen LogP contribution in [0.3, 0.4) is 0 Å². The van der Waals surface area contributed by atoms with E-state index in [0.29, 0.717) is 25.7 Å². The Hall–Kier alpha value is -2.05. The zero-order valence-electron chi connectivity index (χ0n) is 13.3. The highest BCUT2D eigenvalue weighted by atomic mass is 19.4. The van der Waals surface area contributed by atoms with Crippen LogP contribution in [0.2, 0.25) is 0 Å². The van der Waals surface area contributed by atoms with Gasteiger partial charge in [0.25, 0.3) is 0 Å². The molecule has 2 rings (SSSR count). The van der Waals surface area contributed by atoms with E-state index >= 15 is 0 Å². The van der Waals surface area contributed by atoms with E-state index in [9.17, 15) is 27.9 Å². The van der Waals surface area contributed by atoms with Gasteiger partial charge in [-0.3, -0.25) is 4.79 Å². The highest BCUT2D eigenvalue weighted by Gasteiger charge is 2.43. The van der Waals surface area contributed by atoms with Gasteiger partial charge in [-0.1, -0.05) is 38.0 Å². The van der Waals surface area contributed by atoms with Crippen LogP contribution >= 0.6 is 0 Å². The summed E-state index contributed by atoms with van der Waals surface area (Å²) in [6.07, 6.45) is -2.57. The summed E-state index contributed by atoms with van der Waals surface area (Å²) in [6.45, 7) is 1.53. The van der Waals surface area contributed by atoms with E-state index in [1.54, 1.807) is 0 Å². The SMILES string of the molecule is CC(CC(=O)NC1(C(=O)O)CCCC1)c1ccccc1C(F)(F)F. The minimum absolute atomic E-state index is 0.0379. The third-order valence-corrected chi connectivity index (χ3v) is 4.53.